The molecule has 166 valence electrons. The van der Waals surface area contributed by atoms with E-state index >= 15 is 0 Å². The molecule has 1 fully saturated rings. The van der Waals surface area contributed by atoms with Gasteiger partial charge in [0, 0.05) is 31.4 Å². The van der Waals surface area contributed by atoms with Crippen LogP contribution in [-0.2, 0) is 19.6 Å². The molecule has 1 aliphatic heterocycles. The van der Waals surface area contributed by atoms with Crippen molar-refractivity contribution in [1.82, 2.24) is 4.31 Å². The minimum absolute atomic E-state index is 0.144. The molecule has 0 spiro atoms. The Hall–Kier alpha value is -3.23. The summed E-state index contributed by atoms with van der Waals surface area (Å²) in [6.07, 6.45) is 1.24. The predicted molar refractivity (Wildman–Crippen MR) is 125 cm³/mol. The highest BCUT2D eigenvalue weighted by Crippen LogP contribution is 2.27. The van der Waals surface area contributed by atoms with Crippen LogP contribution in [0, 0.1) is 5.92 Å². The molecule has 0 aliphatic carbocycles. The average Bonchev–Trinajstić information content (AvgIpc) is 2.79. The molecule has 1 aliphatic rings. The highest BCUT2D eigenvalue weighted by Gasteiger charge is 2.33. The van der Waals surface area contributed by atoms with E-state index in [0.717, 1.165) is 10.8 Å². The highest BCUT2D eigenvalue weighted by molar-refractivity contribution is 7.89. The van der Waals surface area contributed by atoms with Crippen LogP contribution in [0.15, 0.2) is 71.6 Å². The number of sulfonamides is 1. The smallest absolute Gasteiger partial charge is 0.243 e. The van der Waals surface area contributed by atoms with Crippen LogP contribution in [0.3, 0.4) is 0 Å². The fourth-order valence-corrected chi connectivity index (χ4v) is 5.50. The third kappa shape index (κ3) is 4.81. The Morgan fingerprint density at radius 2 is 1.56 bits per heavy atom. The maximum atomic E-state index is 13.2. The van der Waals surface area contributed by atoms with Crippen molar-refractivity contribution in [3.63, 3.8) is 0 Å². The van der Waals surface area contributed by atoms with E-state index in [-0.39, 0.29) is 23.3 Å². The third-order valence-electron chi connectivity index (χ3n) is 5.59. The number of nitrogens with zero attached hydrogens (tertiary/aromatic N) is 1. The lowest BCUT2D eigenvalue weighted by atomic mass is 9.98. The molecule has 8 heteroatoms. The zero-order valence-electron chi connectivity index (χ0n) is 17.7. The number of amides is 2. The molecule has 1 saturated heterocycles. The zero-order valence-corrected chi connectivity index (χ0v) is 18.6. The topological polar surface area (TPSA) is 95.6 Å². The van der Waals surface area contributed by atoms with Gasteiger partial charge in [0.15, 0.2) is 0 Å². The van der Waals surface area contributed by atoms with Gasteiger partial charge >= 0.3 is 0 Å². The van der Waals surface area contributed by atoms with Gasteiger partial charge in [-0.15, -0.1) is 0 Å². The number of hydrogen-bond donors (Lipinski definition) is 2. The lowest BCUT2D eigenvalue weighted by Gasteiger charge is -2.31. The van der Waals surface area contributed by atoms with Crippen molar-refractivity contribution in [3.05, 3.63) is 66.7 Å². The number of hydrogen-bond acceptors (Lipinski definition) is 4. The number of benzene rings is 3. The second-order valence-electron chi connectivity index (χ2n) is 7.96. The van der Waals surface area contributed by atoms with Crippen molar-refractivity contribution < 1.29 is 18.0 Å². The van der Waals surface area contributed by atoms with Crippen LogP contribution >= 0.6 is 0 Å². The summed E-state index contributed by atoms with van der Waals surface area (Å²) in [7, 11) is -3.70. The van der Waals surface area contributed by atoms with Crippen LogP contribution in [0.2, 0.25) is 0 Å². The maximum Gasteiger partial charge on any atom is 0.243 e. The van der Waals surface area contributed by atoms with Gasteiger partial charge in [0.1, 0.15) is 0 Å². The summed E-state index contributed by atoms with van der Waals surface area (Å²) < 4.78 is 27.9. The summed E-state index contributed by atoms with van der Waals surface area (Å²) in [5, 5.41) is 7.37. The molecule has 2 N–H and O–H groups in total. The number of fused-ring (bicyclic) bond motifs is 1. The molecule has 0 radical (unpaired) electrons. The zero-order chi connectivity index (χ0) is 22.7. The molecule has 0 bridgehead atoms. The van der Waals surface area contributed by atoms with Gasteiger partial charge in [0.05, 0.1) is 10.8 Å². The third-order valence-corrected chi connectivity index (χ3v) is 7.45. The van der Waals surface area contributed by atoms with Crippen molar-refractivity contribution in [2.45, 2.75) is 24.7 Å². The van der Waals surface area contributed by atoms with E-state index in [1.54, 1.807) is 42.5 Å². The highest BCUT2D eigenvalue weighted by atomic mass is 32.2. The summed E-state index contributed by atoms with van der Waals surface area (Å²) >= 11 is 0. The molecule has 7 nitrogen and oxygen atoms in total. The number of carbonyl (C=O) groups excluding carboxylic acids is 2. The number of nitrogens with one attached hydrogen (secondary N) is 2. The molecule has 0 unspecified atom stereocenters. The summed E-state index contributed by atoms with van der Waals surface area (Å²) in [5.74, 6) is -0.818. The normalized spacial score (nSPS) is 17.1. The van der Waals surface area contributed by atoms with Crippen molar-refractivity contribution in [2.24, 2.45) is 5.92 Å². The largest absolute Gasteiger partial charge is 0.326 e. The Kier molecular flexibility index (Phi) is 6.25. The van der Waals surface area contributed by atoms with Crippen LogP contribution in [0.1, 0.15) is 19.8 Å². The lowest BCUT2D eigenvalue weighted by Crippen LogP contribution is -2.43. The molecule has 0 saturated carbocycles. The van der Waals surface area contributed by atoms with Gasteiger partial charge in [0.2, 0.25) is 21.8 Å². The molecule has 0 aromatic heterocycles. The summed E-state index contributed by atoms with van der Waals surface area (Å²) in [6, 6.07) is 19.5. The predicted octanol–water partition coefficient (Wildman–Crippen LogP) is 3.84. The van der Waals surface area contributed by atoms with Crippen molar-refractivity contribution in [3.8, 4) is 0 Å². The molecule has 4 rings (SSSR count). The van der Waals surface area contributed by atoms with E-state index in [0.29, 0.717) is 30.8 Å². The fraction of sp³-hybridized carbons (Fsp3) is 0.250. The first-order valence-corrected chi connectivity index (χ1v) is 11.9. The Bertz CT molecular complexity index is 1260. The minimum atomic E-state index is -3.70. The Morgan fingerprint density at radius 1 is 0.906 bits per heavy atom. The Labute approximate surface area is 187 Å². The molecular formula is C24H25N3O4S. The van der Waals surface area contributed by atoms with Crippen molar-refractivity contribution in [1.29, 1.82) is 0 Å². The van der Waals surface area contributed by atoms with E-state index in [1.807, 2.05) is 24.3 Å². The van der Waals surface area contributed by atoms with Crippen molar-refractivity contribution in [2.75, 3.05) is 23.7 Å². The van der Waals surface area contributed by atoms with Crippen LogP contribution in [-0.4, -0.2) is 37.6 Å². The van der Waals surface area contributed by atoms with Gasteiger partial charge in [-0.05, 0) is 60.0 Å². The van der Waals surface area contributed by atoms with Crippen LogP contribution < -0.4 is 10.6 Å². The molecule has 32 heavy (non-hydrogen) atoms. The monoisotopic (exact) mass is 451 g/mol. The lowest BCUT2D eigenvalue weighted by molar-refractivity contribution is -0.121. The van der Waals surface area contributed by atoms with E-state index in [2.05, 4.69) is 10.6 Å². The van der Waals surface area contributed by atoms with E-state index in [4.69, 9.17) is 0 Å². The summed E-state index contributed by atoms with van der Waals surface area (Å²) in [4.78, 5) is 24.2. The second kappa shape index (κ2) is 9.10. The van der Waals surface area contributed by atoms with Gasteiger partial charge in [-0.1, -0.05) is 30.3 Å². The minimum Gasteiger partial charge on any atom is -0.326 e. The van der Waals surface area contributed by atoms with E-state index in [1.165, 1.54) is 11.2 Å². The number of piperidine rings is 1. The van der Waals surface area contributed by atoms with E-state index < -0.39 is 15.9 Å². The molecule has 3 aromatic carbocycles. The first-order valence-electron chi connectivity index (χ1n) is 10.5. The molecule has 1 atom stereocenters. The van der Waals surface area contributed by atoms with Crippen LogP contribution in [0.5, 0.6) is 0 Å². The first kappa shape index (κ1) is 22.0. The van der Waals surface area contributed by atoms with Crippen LogP contribution in [0.25, 0.3) is 10.8 Å². The molecule has 1 heterocycles. The number of anilines is 2. The quantitative estimate of drug-likeness (QED) is 0.616. The van der Waals surface area contributed by atoms with Gasteiger partial charge in [-0.2, -0.15) is 4.31 Å². The van der Waals surface area contributed by atoms with Gasteiger partial charge in [0.25, 0.3) is 0 Å². The standard InChI is InChI=1S/C24H25N3O4S/c1-17(28)25-21-9-11-22(12-10-21)26-24(29)20-7-4-14-27(16-20)32(30,31)23-13-8-18-5-2-3-6-19(18)15-23/h2-3,5-6,8-13,15,20H,4,7,14,16H2,1H3,(H,25,28)(H,26,29)/t20-/m1/s1. The molecule has 2 amide bonds. The Balaban J connectivity index is 1.46. The van der Waals surface area contributed by atoms with E-state index in [9.17, 15) is 18.0 Å². The average molecular weight is 452 g/mol. The number of carbonyl (C=O) groups is 2. The van der Waals surface area contributed by atoms with Gasteiger partial charge in [-0.3, -0.25) is 9.59 Å². The first-order chi connectivity index (χ1) is 15.3. The van der Waals surface area contributed by atoms with Crippen molar-refractivity contribution >= 4 is 44.0 Å². The summed E-state index contributed by atoms with van der Waals surface area (Å²) in [5.41, 5.74) is 1.24. The molecule has 3 aromatic rings. The van der Waals surface area contributed by atoms with Gasteiger partial charge < -0.3 is 10.6 Å². The maximum absolute atomic E-state index is 13.2. The fourth-order valence-electron chi connectivity index (χ4n) is 3.94. The SMILES string of the molecule is CC(=O)Nc1ccc(NC(=O)[C@@H]2CCCN(S(=O)(=O)c3ccc4ccccc4c3)C2)cc1. The van der Waals surface area contributed by atoms with Crippen LogP contribution in [0.4, 0.5) is 11.4 Å². The second-order valence-corrected chi connectivity index (χ2v) is 9.90. The summed E-state index contributed by atoms with van der Waals surface area (Å²) in [6.45, 7) is 1.96. The molecular weight excluding hydrogens is 426 g/mol. The number of rotatable bonds is 5. The van der Waals surface area contributed by atoms with Gasteiger partial charge in [-0.25, -0.2) is 8.42 Å². The Morgan fingerprint density at radius 3 is 2.25 bits per heavy atom.